The van der Waals surface area contributed by atoms with Crippen LogP contribution >= 0.6 is 11.8 Å². The molecule has 34 heavy (non-hydrogen) atoms. The molecule has 2 aromatic carbocycles. The number of methoxy groups -OCH3 is 1. The van der Waals surface area contributed by atoms with Crippen molar-refractivity contribution in [1.29, 1.82) is 0 Å². The van der Waals surface area contributed by atoms with E-state index in [0.29, 0.717) is 22.8 Å². The van der Waals surface area contributed by atoms with E-state index in [9.17, 15) is 9.18 Å². The topological polar surface area (TPSA) is 51.1 Å². The summed E-state index contributed by atoms with van der Waals surface area (Å²) >= 11 is 1.39. The number of benzene rings is 2. The Balaban J connectivity index is 1.95. The Morgan fingerprint density at radius 2 is 1.88 bits per heavy atom. The van der Waals surface area contributed by atoms with Crippen molar-refractivity contribution < 1.29 is 18.7 Å². The summed E-state index contributed by atoms with van der Waals surface area (Å²) < 4.78 is 24.9. The predicted octanol–water partition coefficient (Wildman–Crippen LogP) is 6.23. The molecule has 0 spiro atoms. The van der Waals surface area contributed by atoms with Gasteiger partial charge in [0.1, 0.15) is 12.4 Å². The second-order valence-corrected chi connectivity index (χ2v) is 9.51. The summed E-state index contributed by atoms with van der Waals surface area (Å²) in [7, 11) is 1.58. The number of rotatable bonds is 9. The first-order valence-corrected chi connectivity index (χ1v) is 12.0. The van der Waals surface area contributed by atoms with E-state index >= 15 is 0 Å². The molecule has 0 atom stereocenters. The van der Waals surface area contributed by atoms with Gasteiger partial charge in [0.25, 0.3) is 5.91 Å². The molecule has 0 unspecified atom stereocenters. The summed E-state index contributed by atoms with van der Waals surface area (Å²) in [4.78, 5) is 20.1. The average molecular weight is 483 g/mol. The number of ether oxygens (including phenoxy) is 2. The number of amides is 1. The van der Waals surface area contributed by atoms with Crippen LogP contribution in [0.3, 0.4) is 0 Å². The van der Waals surface area contributed by atoms with Crippen LogP contribution in [0, 0.1) is 5.82 Å². The summed E-state index contributed by atoms with van der Waals surface area (Å²) in [6.45, 7) is 12.1. The average Bonchev–Trinajstić information content (AvgIpc) is 3.08. The standard InChI is InChI=1S/C27H31FN2O3S/c1-7-8-21-13-20(15-24-26(31)30(18(4)5)27(34-24)29-17(2)3)14-23(32-6)25(21)33-16-19-9-11-22(28)12-10-19/h7,9-15,17-18H,1,8,16H2,2-6H3/b24-15+,29-27?. The predicted molar refractivity (Wildman–Crippen MR) is 138 cm³/mol. The van der Waals surface area contributed by atoms with Crippen molar-refractivity contribution in [2.75, 3.05) is 7.11 Å². The number of carbonyl (C=O) groups excluding carboxylic acids is 1. The molecular weight excluding hydrogens is 451 g/mol. The minimum Gasteiger partial charge on any atom is -0.493 e. The lowest BCUT2D eigenvalue weighted by atomic mass is 10.0. The van der Waals surface area contributed by atoms with E-state index in [1.165, 1.54) is 23.9 Å². The number of halogens is 1. The van der Waals surface area contributed by atoms with Gasteiger partial charge in [-0.15, -0.1) is 6.58 Å². The van der Waals surface area contributed by atoms with Crippen LogP contribution in [0.4, 0.5) is 4.39 Å². The fourth-order valence-electron chi connectivity index (χ4n) is 3.53. The minimum absolute atomic E-state index is 0.0106. The van der Waals surface area contributed by atoms with Crippen LogP contribution in [-0.2, 0) is 17.8 Å². The normalized spacial score (nSPS) is 16.2. The first-order valence-electron chi connectivity index (χ1n) is 11.2. The van der Waals surface area contributed by atoms with Crippen LogP contribution in [0.25, 0.3) is 6.08 Å². The molecule has 0 N–H and O–H groups in total. The Morgan fingerprint density at radius 1 is 1.18 bits per heavy atom. The highest BCUT2D eigenvalue weighted by atomic mass is 32.2. The first kappa shape index (κ1) is 25.6. The molecule has 1 heterocycles. The van der Waals surface area contributed by atoms with Crippen molar-refractivity contribution in [3.8, 4) is 11.5 Å². The molecule has 0 bridgehead atoms. The van der Waals surface area contributed by atoms with Crippen LogP contribution in [-0.4, -0.2) is 35.2 Å². The third kappa shape index (κ3) is 6.08. The van der Waals surface area contributed by atoms with Crippen molar-refractivity contribution >= 4 is 28.9 Å². The van der Waals surface area contributed by atoms with Gasteiger partial charge in [0.2, 0.25) is 0 Å². The lowest BCUT2D eigenvalue weighted by Crippen LogP contribution is -2.35. The first-order chi connectivity index (χ1) is 16.2. The van der Waals surface area contributed by atoms with E-state index in [4.69, 9.17) is 9.47 Å². The molecule has 1 aliphatic heterocycles. The van der Waals surface area contributed by atoms with Crippen LogP contribution < -0.4 is 9.47 Å². The van der Waals surface area contributed by atoms with Gasteiger partial charge >= 0.3 is 0 Å². The number of carbonyl (C=O) groups is 1. The lowest BCUT2D eigenvalue weighted by molar-refractivity contribution is -0.123. The van der Waals surface area contributed by atoms with Crippen molar-refractivity contribution in [1.82, 2.24) is 4.90 Å². The van der Waals surface area contributed by atoms with Crippen molar-refractivity contribution in [3.63, 3.8) is 0 Å². The molecule has 1 aliphatic rings. The fraction of sp³-hybridized carbons (Fsp3) is 0.333. The highest BCUT2D eigenvalue weighted by Crippen LogP contribution is 2.38. The monoisotopic (exact) mass is 482 g/mol. The number of thioether (sulfide) groups is 1. The lowest BCUT2D eigenvalue weighted by Gasteiger charge is -2.20. The van der Waals surface area contributed by atoms with E-state index in [1.54, 1.807) is 30.2 Å². The molecule has 180 valence electrons. The largest absolute Gasteiger partial charge is 0.493 e. The van der Waals surface area contributed by atoms with Crippen LogP contribution in [0.15, 0.2) is 59.0 Å². The molecule has 0 aromatic heterocycles. The number of amidine groups is 1. The molecule has 1 saturated heterocycles. The molecule has 5 nitrogen and oxygen atoms in total. The number of hydrogen-bond donors (Lipinski definition) is 0. The van der Waals surface area contributed by atoms with Crippen molar-refractivity contribution in [3.05, 3.63) is 76.5 Å². The van der Waals surface area contributed by atoms with E-state index in [-0.39, 0.29) is 30.4 Å². The number of hydrogen-bond acceptors (Lipinski definition) is 5. The second kappa shape index (κ2) is 11.4. The van der Waals surface area contributed by atoms with Crippen LogP contribution in [0.1, 0.15) is 44.4 Å². The highest BCUT2D eigenvalue weighted by molar-refractivity contribution is 8.18. The molecule has 0 radical (unpaired) electrons. The summed E-state index contributed by atoms with van der Waals surface area (Å²) in [5.74, 6) is 0.814. The van der Waals surface area contributed by atoms with E-state index in [1.807, 2.05) is 45.9 Å². The number of allylic oxidation sites excluding steroid dienone is 1. The maximum absolute atomic E-state index is 13.2. The van der Waals surface area contributed by atoms with Gasteiger partial charge < -0.3 is 9.47 Å². The number of aliphatic imine (C=N–C) groups is 1. The third-order valence-corrected chi connectivity index (χ3v) is 6.05. The quantitative estimate of drug-likeness (QED) is 0.314. The van der Waals surface area contributed by atoms with Gasteiger partial charge in [-0.1, -0.05) is 18.2 Å². The Morgan fingerprint density at radius 3 is 2.47 bits per heavy atom. The van der Waals surface area contributed by atoms with Gasteiger partial charge in [0.05, 0.1) is 12.0 Å². The van der Waals surface area contributed by atoms with Crippen LogP contribution in [0.5, 0.6) is 11.5 Å². The van der Waals surface area contributed by atoms with Gasteiger partial charge in [-0.25, -0.2) is 4.39 Å². The molecule has 1 fully saturated rings. The molecule has 0 aliphatic carbocycles. The molecule has 2 aromatic rings. The summed E-state index contributed by atoms with van der Waals surface area (Å²) in [6, 6.07) is 10.1. The smallest absolute Gasteiger partial charge is 0.266 e. The Hall–Kier alpha value is -3.06. The SMILES string of the molecule is C=CCc1cc(/C=C2/SC(=NC(C)C)N(C(C)C)C2=O)cc(OC)c1OCc1ccc(F)cc1. The van der Waals surface area contributed by atoms with Gasteiger partial charge in [-0.05, 0) is 87.3 Å². The fourth-order valence-corrected chi connectivity index (χ4v) is 4.76. The molecule has 3 rings (SSSR count). The zero-order chi connectivity index (χ0) is 24.8. The third-order valence-electron chi connectivity index (χ3n) is 5.05. The Labute approximate surface area is 205 Å². The van der Waals surface area contributed by atoms with Gasteiger partial charge in [-0.2, -0.15) is 0 Å². The molecule has 0 saturated carbocycles. The summed E-state index contributed by atoms with van der Waals surface area (Å²) in [6.07, 6.45) is 4.22. The summed E-state index contributed by atoms with van der Waals surface area (Å²) in [5.41, 5.74) is 2.56. The second-order valence-electron chi connectivity index (χ2n) is 8.50. The van der Waals surface area contributed by atoms with Gasteiger partial charge in [0.15, 0.2) is 16.7 Å². The minimum atomic E-state index is -0.289. The van der Waals surface area contributed by atoms with Crippen LogP contribution in [0.2, 0.25) is 0 Å². The number of nitrogens with zero attached hydrogens (tertiary/aromatic N) is 2. The summed E-state index contributed by atoms with van der Waals surface area (Å²) in [5, 5.41) is 0.721. The Bertz CT molecular complexity index is 1110. The highest BCUT2D eigenvalue weighted by Gasteiger charge is 2.35. The zero-order valence-electron chi connectivity index (χ0n) is 20.3. The molecule has 1 amide bonds. The Kier molecular flexibility index (Phi) is 8.56. The maximum atomic E-state index is 13.2. The van der Waals surface area contributed by atoms with E-state index in [2.05, 4.69) is 11.6 Å². The van der Waals surface area contributed by atoms with Gasteiger partial charge in [0, 0.05) is 17.6 Å². The van der Waals surface area contributed by atoms with E-state index < -0.39 is 0 Å². The molecule has 7 heteroatoms. The maximum Gasteiger partial charge on any atom is 0.266 e. The van der Waals surface area contributed by atoms with Crippen molar-refractivity contribution in [2.24, 2.45) is 4.99 Å². The van der Waals surface area contributed by atoms with Crippen molar-refractivity contribution in [2.45, 2.75) is 52.8 Å². The van der Waals surface area contributed by atoms with E-state index in [0.717, 1.165) is 21.9 Å². The van der Waals surface area contributed by atoms with Gasteiger partial charge in [-0.3, -0.25) is 14.7 Å². The zero-order valence-corrected chi connectivity index (χ0v) is 21.1. The molecular formula is C27H31FN2O3S.